The zero-order valence-electron chi connectivity index (χ0n) is 8.73. The van der Waals surface area contributed by atoms with Crippen molar-refractivity contribution in [2.75, 3.05) is 6.54 Å². The summed E-state index contributed by atoms with van der Waals surface area (Å²) >= 11 is 0. The molecular weight excluding hydrogens is 196 g/mol. The van der Waals surface area contributed by atoms with Gasteiger partial charge in [-0.05, 0) is 12.1 Å². The lowest BCUT2D eigenvalue weighted by Crippen LogP contribution is -2.32. The summed E-state index contributed by atoms with van der Waals surface area (Å²) in [5.41, 5.74) is 0.521. The van der Waals surface area contributed by atoms with Gasteiger partial charge in [0.1, 0.15) is 5.69 Å². The SMILES string of the molecule is CC(CNC(=O)c1cccn1C)C(=O)O. The van der Waals surface area contributed by atoms with Crippen LogP contribution < -0.4 is 5.32 Å². The summed E-state index contributed by atoms with van der Waals surface area (Å²) in [5, 5.41) is 11.2. The third kappa shape index (κ3) is 2.83. The van der Waals surface area contributed by atoms with Crippen molar-refractivity contribution in [3.63, 3.8) is 0 Å². The molecule has 0 saturated heterocycles. The lowest BCUT2D eigenvalue weighted by molar-refractivity contribution is -0.140. The summed E-state index contributed by atoms with van der Waals surface area (Å²) in [6.07, 6.45) is 1.76. The van der Waals surface area contributed by atoms with Gasteiger partial charge in [0, 0.05) is 19.8 Å². The van der Waals surface area contributed by atoms with Gasteiger partial charge in [0.2, 0.25) is 0 Å². The van der Waals surface area contributed by atoms with Gasteiger partial charge in [-0.3, -0.25) is 9.59 Å². The topological polar surface area (TPSA) is 71.3 Å². The van der Waals surface area contributed by atoms with Gasteiger partial charge < -0.3 is 15.0 Å². The Bertz CT molecular complexity index is 370. The van der Waals surface area contributed by atoms with E-state index in [-0.39, 0.29) is 12.5 Å². The fourth-order valence-electron chi connectivity index (χ4n) is 1.12. The van der Waals surface area contributed by atoms with E-state index in [0.717, 1.165) is 0 Å². The predicted molar refractivity (Wildman–Crippen MR) is 54.5 cm³/mol. The second-order valence-electron chi connectivity index (χ2n) is 3.45. The molecule has 82 valence electrons. The fraction of sp³-hybridized carbons (Fsp3) is 0.400. The summed E-state index contributed by atoms with van der Waals surface area (Å²) in [6, 6.07) is 3.44. The molecule has 1 unspecified atom stereocenters. The van der Waals surface area contributed by atoms with E-state index in [9.17, 15) is 9.59 Å². The largest absolute Gasteiger partial charge is 0.481 e. The number of rotatable bonds is 4. The van der Waals surface area contributed by atoms with Crippen molar-refractivity contribution in [1.29, 1.82) is 0 Å². The molecule has 0 aromatic carbocycles. The highest BCUT2D eigenvalue weighted by molar-refractivity contribution is 5.92. The van der Waals surface area contributed by atoms with Crippen LogP contribution in [0.15, 0.2) is 18.3 Å². The van der Waals surface area contributed by atoms with Gasteiger partial charge in [-0.2, -0.15) is 0 Å². The number of hydrogen-bond acceptors (Lipinski definition) is 2. The Balaban J connectivity index is 2.51. The highest BCUT2D eigenvalue weighted by atomic mass is 16.4. The van der Waals surface area contributed by atoms with Gasteiger partial charge in [-0.15, -0.1) is 0 Å². The van der Waals surface area contributed by atoms with Crippen molar-refractivity contribution < 1.29 is 14.7 Å². The summed E-state index contributed by atoms with van der Waals surface area (Å²) in [4.78, 5) is 22.0. The molecule has 0 saturated carbocycles. The van der Waals surface area contributed by atoms with Gasteiger partial charge in [0.15, 0.2) is 0 Å². The van der Waals surface area contributed by atoms with Crippen LogP contribution in [0.3, 0.4) is 0 Å². The lowest BCUT2D eigenvalue weighted by atomic mass is 10.2. The van der Waals surface area contributed by atoms with E-state index in [1.54, 1.807) is 36.9 Å². The highest BCUT2D eigenvalue weighted by Gasteiger charge is 2.14. The molecule has 0 spiro atoms. The van der Waals surface area contributed by atoms with Crippen molar-refractivity contribution >= 4 is 11.9 Å². The number of aromatic nitrogens is 1. The van der Waals surface area contributed by atoms with Gasteiger partial charge in [0.05, 0.1) is 5.92 Å². The molecule has 1 amide bonds. The number of carboxylic acid groups (broad SMARTS) is 1. The molecule has 0 bridgehead atoms. The zero-order valence-corrected chi connectivity index (χ0v) is 8.73. The van der Waals surface area contributed by atoms with Crippen LogP contribution in [-0.4, -0.2) is 28.1 Å². The standard InChI is InChI=1S/C10H14N2O3/c1-7(10(14)15)6-11-9(13)8-4-3-5-12(8)2/h3-5,7H,6H2,1-2H3,(H,11,13)(H,14,15). The number of carbonyl (C=O) groups excluding carboxylic acids is 1. The first kappa shape index (κ1) is 11.3. The molecule has 5 heteroatoms. The van der Waals surface area contributed by atoms with Crippen molar-refractivity contribution in [3.05, 3.63) is 24.0 Å². The Morgan fingerprint density at radius 2 is 2.27 bits per heavy atom. The molecule has 1 atom stereocenters. The van der Waals surface area contributed by atoms with Crippen molar-refractivity contribution in [3.8, 4) is 0 Å². The average molecular weight is 210 g/mol. The summed E-state index contributed by atoms with van der Waals surface area (Å²) in [6.45, 7) is 1.69. The summed E-state index contributed by atoms with van der Waals surface area (Å²) in [5.74, 6) is -1.74. The van der Waals surface area contributed by atoms with E-state index in [1.807, 2.05) is 0 Å². The second-order valence-corrected chi connectivity index (χ2v) is 3.45. The minimum atomic E-state index is -0.915. The highest BCUT2D eigenvalue weighted by Crippen LogP contribution is 2.00. The normalized spacial score (nSPS) is 12.1. The first-order valence-corrected chi connectivity index (χ1v) is 4.64. The maximum atomic E-state index is 11.5. The van der Waals surface area contributed by atoms with E-state index in [4.69, 9.17) is 5.11 Å². The quantitative estimate of drug-likeness (QED) is 0.759. The molecular formula is C10H14N2O3. The molecule has 1 heterocycles. The smallest absolute Gasteiger partial charge is 0.308 e. The molecule has 0 aliphatic rings. The monoisotopic (exact) mass is 210 g/mol. The average Bonchev–Trinajstić information content (AvgIpc) is 2.60. The van der Waals surface area contributed by atoms with Crippen molar-refractivity contribution in [1.82, 2.24) is 9.88 Å². The second kappa shape index (κ2) is 4.63. The van der Waals surface area contributed by atoms with Gasteiger partial charge in [0.25, 0.3) is 5.91 Å². The number of aryl methyl sites for hydroxylation is 1. The van der Waals surface area contributed by atoms with Crippen LogP contribution in [0.4, 0.5) is 0 Å². The molecule has 0 radical (unpaired) electrons. The number of nitrogens with one attached hydrogen (secondary N) is 1. The first-order valence-electron chi connectivity index (χ1n) is 4.64. The molecule has 0 fully saturated rings. The molecule has 1 aromatic rings. The van der Waals surface area contributed by atoms with Gasteiger partial charge in [-0.25, -0.2) is 0 Å². The lowest BCUT2D eigenvalue weighted by Gasteiger charge is -2.08. The van der Waals surface area contributed by atoms with Gasteiger partial charge in [-0.1, -0.05) is 6.92 Å². The Hall–Kier alpha value is -1.78. The van der Waals surface area contributed by atoms with Crippen LogP contribution in [0, 0.1) is 5.92 Å². The van der Waals surface area contributed by atoms with E-state index in [1.165, 1.54) is 0 Å². The third-order valence-corrected chi connectivity index (χ3v) is 2.17. The molecule has 15 heavy (non-hydrogen) atoms. The van der Waals surface area contributed by atoms with E-state index >= 15 is 0 Å². The van der Waals surface area contributed by atoms with Crippen LogP contribution in [0.25, 0.3) is 0 Å². The van der Waals surface area contributed by atoms with Gasteiger partial charge >= 0.3 is 5.97 Å². The Morgan fingerprint density at radius 3 is 2.73 bits per heavy atom. The number of aliphatic carboxylic acids is 1. The van der Waals surface area contributed by atoms with Crippen molar-refractivity contribution in [2.45, 2.75) is 6.92 Å². The van der Waals surface area contributed by atoms with Crippen LogP contribution >= 0.6 is 0 Å². The van der Waals surface area contributed by atoms with E-state index < -0.39 is 11.9 Å². The minimum absolute atomic E-state index is 0.138. The number of nitrogens with zero attached hydrogens (tertiary/aromatic N) is 1. The molecule has 1 rings (SSSR count). The van der Waals surface area contributed by atoms with E-state index in [0.29, 0.717) is 5.69 Å². The molecule has 5 nitrogen and oxygen atoms in total. The predicted octanol–water partition coefficient (Wildman–Crippen LogP) is 0.476. The molecule has 0 aliphatic carbocycles. The minimum Gasteiger partial charge on any atom is -0.481 e. The Labute approximate surface area is 87.7 Å². The van der Waals surface area contributed by atoms with Crippen LogP contribution in [0.5, 0.6) is 0 Å². The third-order valence-electron chi connectivity index (χ3n) is 2.17. The Kier molecular flexibility index (Phi) is 3.49. The number of hydrogen-bond donors (Lipinski definition) is 2. The number of carboxylic acids is 1. The van der Waals surface area contributed by atoms with Crippen LogP contribution in [0.1, 0.15) is 17.4 Å². The summed E-state index contributed by atoms with van der Waals surface area (Å²) in [7, 11) is 1.76. The Morgan fingerprint density at radius 1 is 1.60 bits per heavy atom. The zero-order chi connectivity index (χ0) is 11.4. The van der Waals surface area contributed by atoms with E-state index in [2.05, 4.69) is 5.32 Å². The summed E-state index contributed by atoms with van der Waals surface area (Å²) < 4.78 is 1.68. The fourth-order valence-corrected chi connectivity index (χ4v) is 1.12. The number of carbonyl (C=O) groups is 2. The maximum Gasteiger partial charge on any atom is 0.308 e. The van der Waals surface area contributed by atoms with Crippen LogP contribution in [0.2, 0.25) is 0 Å². The maximum absolute atomic E-state index is 11.5. The van der Waals surface area contributed by atoms with Crippen LogP contribution in [-0.2, 0) is 11.8 Å². The molecule has 2 N–H and O–H groups in total. The molecule has 0 aliphatic heterocycles. The molecule has 1 aromatic heterocycles. The number of amides is 1. The first-order chi connectivity index (χ1) is 7.02. The van der Waals surface area contributed by atoms with Crippen molar-refractivity contribution in [2.24, 2.45) is 13.0 Å².